The summed E-state index contributed by atoms with van der Waals surface area (Å²) in [5, 5.41) is 38.1. The lowest BCUT2D eigenvalue weighted by Crippen LogP contribution is -2.43. The fourth-order valence-electron chi connectivity index (χ4n) is 2.86. The summed E-state index contributed by atoms with van der Waals surface area (Å²) in [6.45, 7) is 1.74. The average molecular weight is 203 g/mol. The molecule has 5 nitrogen and oxygen atoms in total. The van der Waals surface area contributed by atoms with Crippen LogP contribution in [0.25, 0.3) is 0 Å². The fourth-order valence-corrected chi connectivity index (χ4v) is 2.86. The molecule has 0 aromatic carbocycles. The minimum atomic E-state index is -0.956. The van der Waals surface area contributed by atoms with Crippen molar-refractivity contribution in [1.29, 1.82) is 0 Å². The molecule has 2 heterocycles. The highest BCUT2D eigenvalue weighted by Gasteiger charge is 2.55. The first-order valence-electron chi connectivity index (χ1n) is 5.00. The highest BCUT2D eigenvalue weighted by molar-refractivity contribution is 5.09. The number of aliphatic hydroxyl groups excluding tert-OH is 4. The normalized spacial score (nSPS) is 53.8. The van der Waals surface area contributed by atoms with Crippen LogP contribution in [0.3, 0.4) is 0 Å². The van der Waals surface area contributed by atoms with Gasteiger partial charge in [0.15, 0.2) is 0 Å². The molecule has 0 unspecified atom stereocenters. The molecule has 0 spiro atoms. The van der Waals surface area contributed by atoms with Gasteiger partial charge in [-0.2, -0.15) is 0 Å². The summed E-state index contributed by atoms with van der Waals surface area (Å²) in [6.07, 6.45) is -1.92. The first-order valence-corrected chi connectivity index (χ1v) is 5.00. The van der Waals surface area contributed by atoms with E-state index in [-0.39, 0.29) is 12.6 Å². The van der Waals surface area contributed by atoms with Gasteiger partial charge in [0.1, 0.15) is 0 Å². The van der Waals surface area contributed by atoms with E-state index in [9.17, 15) is 15.3 Å². The molecule has 2 aliphatic heterocycles. The maximum atomic E-state index is 9.69. The van der Waals surface area contributed by atoms with Crippen molar-refractivity contribution in [1.82, 2.24) is 4.90 Å². The number of fused-ring (bicyclic) bond motifs is 1. The van der Waals surface area contributed by atoms with Crippen LogP contribution >= 0.6 is 0 Å². The summed E-state index contributed by atoms with van der Waals surface area (Å²) in [5.74, 6) is 0. The van der Waals surface area contributed by atoms with Crippen LogP contribution in [-0.4, -0.2) is 68.4 Å². The fraction of sp³-hybridized carbons (Fsp3) is 1.00. The molecule has 4 N–H and O–H groups in total. The Kier molecular flexibility index (Phi) is 2.53. The lowest BCUT2D eigenvalue weighted by Gasteiger charge is -2.27. The van der Waals surface area contributed by atoms with E-state index in [0.717, 1.165) is 0 Å². The predicted octanol–water partition coefficient (Wildman–Crippen LogP) is -2.09. The molecule has 2 rings (SSSR count). The quantitative estimate of drug-likeness (QED) is 0.392. The molecular weight excluding hydrogens is 186 g/mol. The first-order chi connectivity index (χ1) is 6.57. The Bertz CT molecular complexity index is 225. The molecule has 82 valence electrons. The number of hydrogen-bond acceptors (Lipinski definition) is 5. The molecule has 0 radical (unpaired) electrons. The molecular formula is C9H17NO4. The SMILES string of the molecule is C[C@@H]1C[C@@H](O)[C@@H]2[C@@H](O)[C@H](O)[C@@H](CO)N21. The van der Waals surface area contributed by atoms with Crippen molar-refractivity contribution < 1.29 is 20.4 Å². The second-order valence-electron chi connectivity index (χ2n) is 4.32. The zero-order valence-electron chi connectivity index (χ0n) is 8.11. The summed E-state index contributed by atoms with van der Waals surface area (Å²) in [7, 11) is 0. The zero-order valence-corrected chi connectivity index (χ0v) is 8.11. The van der Waals surface area contributed by atoms with E-state index in [0.29, 0.717) is 6.42 Å². The third-order valence-electron chi connectivity index (χ3n) is 3.49. The van der Waals surface area contributed by atoms with Crippen LogP contribution in [-0.2, 0) is 0 Å². The van der Waals surface area contributed by atoms with Crippen LogP contribution < -0.4 is 0 Å². The van der Waals surface area contributed by atoms with Gasteiger partial charge in [0, 0.05) is 6.04 Å². The van der Waals surface area contributed by atoms with Gasteiger partial charge in [-0.05, 0) is 13.3 Å². The van der Waals surface area contributed by atoms with Gasteiger partial charge in [-0.25, -0.2) is 0 Å². The van der Waals surface area contributed by atoms with Crippen LogP contribution in [0.1, 0.15) is 13.3 Å². The van der Waals surface area contributed by atoms with E-state index in [1.807, 2.05) is 11.8 Å². The Balaban J connectivity index is 2.25. The lowest BCUT2D eigenvalue weighted by molar-refractivity contribution is -0.00155. The monoisotopic (exact) mass is 203 g/mol. The van der Waals surface area contributed by atoms with E-state index in [4.69, 9.17) is 5.11 Å². The number of nitrogens with zero attached hydrogens (tertiary/aromatic N) is 1. The van der Waals surface area contributed by atoms with Crippen LogP contribution in [0.15, 0.2) is 0 Å². The number of rotatable bonds is 1. The van der Waals surface area contributed by atoms with E-state index in [2.05, 4.69) is 0 Å². The molecule has 0 saturated carbocycles. The lowest BCUT2D eigenvalue weighted by atomic mass is 10.0. The van der Waals surface area contributed by atoms with Gasteiger partial charge in [0.25, 0.3) is 0 Å². The van der Waals surface area contributed by atoms with Crippen LogP contribution in [0.2, 0.25) is 0 Å². The molecule has 2 fully saturated rings. The maximum Gasteiger partial charge on any atom is 0.0995 e. The highest BCUT2D eigenvalue weighted by atomic mass is 16.3. The Morgan fingerprint density at radius 2 is 1.86 bits per heavy atom. The Hall–Kier alpha value is -0.200. The smallest absolute Gasteiger partial charge is 0.0995 e. The van der Waals surface area contributed by atoms with Crippen molar-refractivity contribution in [2.24, 2.45) is 0 Å². The molecule has 2 saturated heterocycles. The second-order valence-corrected chi connectivity index (χ2v) is 4.32. The molecule has 0 amide bonds. The van der Waals surface area contributed by atoms with Gasteiger partial charge >= 0.3 is 0 Å². The van der Waals surface area contributed by atoms with Crippen LogP contribution in [0.4, 0.5) is 0 Å². The minimum absolute atomic E-state index is 0.0962. The van der Waals surface area contributed by atoms with Crippen molar-refractivity contribution in [3.63, 3.8) is 0 Å². The summed E-state index contributed by atoms with van der Waals surface area (Å²) >= 11 is 0. The topological polar surface area (TPSA) is 84.2 Å². The van der Waals surface area contributed by atoms with Gasteiger partial charge in [0.2, 0.25) is 0 Å². The van der Waals surface area contributed by atoms with Gasteiger partial charge in [-0.1, -0.05) is 0 Å². The average Bonchev–Trinajstić information content (AvgIpc) is 2.55. The van der Waals surface area contributed by atoms with Gasteiger partial charge < -0.3 is 20.4 Å². The maximum absolute atomic E-state index is 9.69. The first kappa shape index (κ1) is 10.3. The number of aliphatic hydroxyl groups is 4. The Morgan fingerprint density at radius 1 is 1.21 bits per heavy atom. The number of hydrogen-bond donors (Lipinski definition) is 4. The van der Waals surface area contributed by atoms with Crippen molar-refractivity contribution in [2.75, 3.05) is 6.61 Å². The van der Waals surface area contributed by atoms with Gasteiger partial charge in [0.05, 0.1) is 37.0 Å². The Morgan fingerprint density at radius 3 is 2.43 bits per heavy atom. The van der Waals surface area contributed by atoms with Crippen LogP contribution in [0, 0.1) is 0 Å². The molecule has 6 atom stereocenters. The molecule has 0 aliphatic carbocycles. The van der Waals surface area contributed by atoms with Crippen molar-refractivity contribution in [2.45, 2.75) is 49.8 Å². The molecule has 0 aromatic rings. The van der Waals surface area contributed by atoms with Gasteiger partial charge in [-0.15, -0.1) is 0 Å². The minimum Gasteiger partial charge on any atom is -0.395 e. The summed E-state index contributed by atoms with van der Waals surface area (Å²) in [5.41, 5.74) is 0. The predicted molar refractivity (Wildman–Crippen MR) is 48.6 cm³/mol. The molecule has 14 heavy (non-hydrogen) atoms. The largest absolute Gasteiger partial charge is 0.395 e. The second kappa shape index (κ2) is 3.43. The molecule has 5 heteroatoms. The molecule has 2 aliphatic rings. The van der Waals surface area contributed by atoms with Crippen molar-refractivity contribution in [3.05, 3.63) is 0 Å². The highest BCUT2D eigenvalue weighted by Crippen LogP contribution is 2.37. The van der Waals surface area contributed by atoms with Crippen molar-refractivity contribution >= 4 is 0 Å². The van der Waals surface area contributed by atoms with Gasteiger partial charge in [-0.3, -0.25) is 4.90 Å². The third kappa shape index (κ3) is 1.20. The summed E-state index contributed by atoms with van der Waals surface area (Å²) in [6, 6.07) is -0.766. The summed E-state index contributed by atoms with van der Waals surface area (Å²) < 4.78 is 0. The van der Waals surface area contributed by atoms with E-state index < -0.39 is 30.4 Å². The molecule has 0 aromatic heterocycles. The van der Waals surface area contributed by atoms with Crippen molar-refractivity contribution in [3.8, 4) is 0 Å². The standard InChI is InChI=1S/C9H17NO4/c1-4-2-6(12)7-9(14)8(13)5(3-11)10(4)7/h4-9,11-14H,2-3H2,1H3/t4-,5-,6-,7-,8-,9-/m1/s1. The van der Waals surface area contributed by atoms with E-state index in [1.165, 1.54) is 0 Å². The Labute approximate surface area is 82.6 Å². The summed E-state index contributed by atoms with van der Waals surface area (Å²) in [4.78, 5) is 1.83. The third-order valence-corrected chi connectivity index (χ3v) is 3.49. The van der Waals surface area contributed by atoms with E-state index >= 15 is 0 Å². The zero-order chi connectivity index (χ0) is 10.5. The molecule has 0 bridgehead atoms. The van der Waals surface area contributed by atoms with Crippen LogP contribution in [0.5, 0.6) is 0 Å². The van der Waals surface area contributed by atoms with E-state index in [1.54, 1.807) is 0 Å².